The molecule has 138 valence electrons. The molecule has 2 bridgehead atoms. The Kier molecular flexibility index (Phi) is 6.26. The van der Waals surface area contributed by atoms with Gasteiger partial charge in [0.05, 0.1) is 6.42 Å². The highest BCUT2D eigenvalue weighted by Crippen LogP contribution is 2.38. The lowest BCUT2D eigenvalue weighted by Gasteiger charge is -2.48. The van der Waals surface area contributed by atoms with Crippen molar-refractivity contribution >= 4 is 11.9 Å². The van der Waals surface area contributed by atoms with Crippen LogP contribution < -0.4 is 0 Å². The molecule has 0 radical (unpaired) electrons. The second-order valence-corrected chi connectivity index (χ2v) is 7.87. The number of piperidine rings is 2. The van der Waals surface area contributed by atoms with Crippen molar-refractivity contribution in [2.75, 3.05) is 14.2 Å². The van der Waals surface area contributed by atoms with Gasteiger partial charge in [-0.3, -0.25) is 4.79 Å². The average Bonchev–Trinajstić information content (AvgIpc) is 2.49. The lowest BCUT2D eigenvalue weighted by atomic mass is 9.76. The smallest absolute Gasteiger partial charge is 0.410 e. The summed E-state index contributed by atoms with van der Waals surface area (Å²) in [7, 11) is 3.09. The van der Waals surface area contributed by atoms with Crippen LogP contribution in [0.4, 0.5) is 4.79 Å². The second kappa shape index (κ2) is 7.83. The van der Waals surface area contributed by atoms with E-state index in [1.807, 2.05) is 25.7 Å². The van der Waals surface area contributed by atoms with E-state index in [4.69, 9.17) is 14.2 Å². The third-order valence-corrected chi connectivity index (χ3v) is 4.93. The standard InChI is InChI=1S/C18H31NO5/c1-18(2,3)24-17(21)19-13-7-6-8-14(19)10-12(9-13)15(20)11-16(22-4)23-5/h12-14,16H,6-11H2,1-5H3. The van der Waals surface area contributed by atoms with E-state index in [1.165, 1.54) is 0 Å². The van der Waals surface area contributed by atoms with Crippen LogP contribution in [0.1, 0.15) is 59.3 Å². The topological polar surface area (TPSA) is 65.1 Å². The van der Waals surface area contributed by atoms with Gasteiger partial charge in [-0.25, -0.2) is 4.79 Å². The summed E-state index contributed by atoms with van der Waals surface area (Å²) in [5.74, 6) is 0.149. The van der Waals surface area contributed by atoms with Gasteiger partial charge in [0.25, 0.3) is 0 Å². The van der Waals surface area contributed by atoms with E-state index in [-0.39, 0.29) is 36.3 Å². The van der Waals surface area contributed by atoms with Crippen LogP contribution in [-0.2, 0) is 19.0 Å². The molecular formula is C18H31NO5. The largest absolute Gasteiger partial charge is 0.444 e. The van der Waals surface area contributed by atoms with Gasteiger partial charge >= 0.3 is 6.09 Å². The normalized spacial score (nSPS) is 27.2. The molecule has 24 heavy (non-hydrogen) atoms. The molecule has 2 fully saturated rings. The quantitative estimate of drug-likeness (QED) is 0.719. The summed E-state index contributed by atoms with van der Waals surface area (Å²) in [5.41, 5.74) is -0.498. The predicted molar refractivity (Wildman–Crippen MR) is 89.7 cm³/mol. The predicted octanol–water partition coefficient (Wildman–Crippen LogP) is 3.13. The number of nitrogens with zero attached hydrogens (tertiary/aromatic N) is 1. The molecule has 1 amide bonds. The Morgan fingerprint density at radius 1 is 1.08 bits per heavy atom. The van der Waals surface area contributed by atoms with E-state index in [0.717, 1.165) is 19.3 Å². The summed E-state index contributed by atoms with van der Waals surface area (Å²) < 4.78 is 15.9. The number of Topliss-reactive ketones (excluding diaryl/α,β-unsaturated/α-hetero) is 1. The monoisotopic (exact) mass is 341 g/mol. The second-order valence-electron chi connectivity index (χ2n) is 7.87. The van der Waals surface area contributed by atoms with Crippen LogP contribution in [0.25, 0.3) is 0 Å². The summed E-state index contributed by atoms with van der Waals surface area (Å²) >= 11 is 0. The van der Waals surface area contributed by atoms with Crippen LogP contribution in [0.5, 0.6) is 0 Å². The highest BCUT2D eigenvalue weighted by atomic mass is 16.7. The number of rotatable bonds is 5. The fourth-order valence-electron chi connectivity index (χ4n) is 3.85. The number of fused-ring (bicyclic) bond motifs is 2. The van der Waals surface area contributed by atoms with Crippen LogP contribution in [0.2, 0.25) is 0 Å². The van der Waals surface area contributed by atoms with Crippen molar-refractivity contribution in [3.63, 3.8) is 0 Å². The number of ketones is 1. The molecule has 6 heteroatoms. The van der Waals surface area contributed by atoms with Crippen LogP contribution >= 0.6 is 0 Å². The maximum Gasteiger partial charge on any atom is 0.410 e. The molecule has 0 aromatic heterocycles. The summed E-state index contributed by atoms with van der Waals surface area (Å²) in [6.45, 7) is 5.64. The molecule has 2 unspecified atom stereocenters. The Morgan fingerprint density at radius 3 is 2.08 bits per heavy atom. The lowest BCUT2D eigenvalue weighted by Crippen LogP contribution is -2.56. The first kappa shape index (κ1) is 19.2. The van der Waals surface area contributed by atoms with Crippen molar-refractivity contribution in [3.05, 3.63) is 0 Å². The Labute approximate surface area is 144 Å². The molecule has 2 heterocycles. The molecule has 2 rings (SSSR count). The molecule has 0 aromatic carbocycles. The lowest BCUT2D eigenvalue weighted by molar-refractivity contribution is -0.144. The van der Waals surface area contributed by atoms with Gasteiger partial charge in [0.1, 0.15) is 11.4 Å². The van der Waals surface area contributed by atoms with Gasteiger partial charge in [-0.15, -0.1) is 0 Å². The highest BCUT2D eigenvalue weighted by Gasteiger charge is 2.44. The molecule has 2 aliphatic rings. The summed E-state index contributed by atoms with van der Waals surface area (Å²) in [6, 6.07) is 0.203. The molecule has 0 aromatic rings. The number of carbonyl (C=O) groups excluding carboxylic acids is 2. The van der Waals surface area contributed by atoms with Gasteiger partial charge in [-0.2, -0.15) is 0 Å². The number of ether oxygens (including phenoxy) is 3. The Balaban J connectivity index is 2.02. The Bertz CT molecular complexity index is 441. The fourth-order valence-corrected chi connectivity index (χ4v) is 3.85. The molecule has 6 nitrogen and oxygen atoms in total. The molecule has 0 aliphatic carbocycles. The fraction of sp³-hybridized carbons (Fsp3) is 0.889. The molecule has 2 aliphatic heterocycles. The van der Waals surface area contributed by atoms with Crippen molar-refractivity contribution in [2.24, 2.45) is 5.92 Å². The molecule has 2 atom stereocenters. The summed E-state index contributed by atoms with van der Waals surface area (Å²) in [4.78, 5) is 27.0. The highest BCUT2D eigenvalue weighted by molar-refractivity contribution is 5.82. The number of methoxy groups -OCH3 is 2. The zero-order valence-electron chi connectivity index (χ0n) is 15.5. The summed E-state index contributed by atoms with van der Waals surface area (Å²) in [6.07, 6.45) is 3.96. The van der Waals surface area contributed by atoms with Gasteiger partial charge in [0.15, 0.2) is 6.29 Å². The average molecular weight is 341 g/mol. The molecule has 0 spiro atoms. The minimum atomic E-state index is -0.498. The van der Waals surface area contributed by atoms with Crippen LogP contribution in [0.3, 0.4) is 0 Å². The first-order chi connectivity index (χ1) is 11.2. The maximum absolute atomic E-state index is 12.6. The van der Waals surface area contributed by atoms with E-state index < -0.39 is 11.9 Å². The minimum Gasteiger partial charge on any atom is -0.444 e. The molecule has 0 N–H and O–H groups in total. The van der Waals surface area contributed by atoms with E-state index in [2.05, 4.69) is 0 Å². The molecule has 0 saturated carbocycles. The zero-order chi connectivity index (χ0) is 17.9. The van der Waals surface area contributed by atoms with Crippen LogP contribution in [0.15, 0.2) is 0 Å². The maximum atomic E-state index is 12.6. The van der Waals surface area contributed by atoms with E-state index >= 15 is 0 Å². The number of amides is 1. The summed E-state index contributed by atoms with van der Waals surface area (Å²) in [5, 5.41) is 0. The van der Waals surface area contributed by atoms with E-state index in [9.17, 15) is 9.59 Å². The van der Waals surface area contributed by atoms with Crippen LogP contribution in [0, 0.1) is 5.92 Å². The SMILES string of the molecule is COC(CC(=O)C1CC2CCCC(C1)N2C(=O)OC(C)(C)C)OC. The first-order valence-corrected chi connectivity index (χ1v) is 8.84. The van der Waals surface area contributed by atoms with Gasteiger partial charge in [-0.1, -0.05) is 0 Å². The van der Waals surface area contributed by atoms with Gasteiger partial charge in [0.2, 0.25) is 0 Å². The van der Waals surface area contributed by atoms with Gasteiger partial charge in [-0.05, 0) is 52.9 Å². The Morgan fingerprint density at radius 2 is 1.62 bits per heavy atom. The third kappa shape index (κ3) is 4.70. The van der Waals surface area contributed by atoms with Crippen molar-refractivity contribution in [2.45, 2.75) is 83.3 Å². The third-order valence-electron chi connectivity index (χ3n) is 4.93. The van der Waals surface area contributed by atoms with Crippen molar-refractivity contribution in [1.82, 2.24) is 4.90 Å². The molecular weight excluding hydrogens is 310 g/mol. The van der Waals surface area contributed by atoms with Crippen LogP contribution in [-0.4, -0.2) is 55.0 Å². The van der Waals surface area contributed by atoms with E-state index in [0.29, 0.717) is 12.8 Å². The number of hydrogen-bond acceptors (Lipinski definition) is 5. The molecule has 2 saturated heterocycles. The van der Waals surface area contributed by atoms with Crippen molar-refractivity contribution in [3.8, 4) is 0 Å². The number of hydrogen-bond donors (Lipinski definition) is 0. The number of carbonyl (C=O) groups is 2. The first-order valence-electron chi connectivity index (χ1n) is 8.84. The minimum absolute atomic E-state index is 0.0215. The van der Waals surface area contributed by atoms with Gasteiger partial charge in [0, 0.05) is 32.2 Å². The Hall–Kier alpha value is -1.14. The zero-order valence-corrected chi connectivity index (χ0v) is 15.5. The van der Waals surface area contributed by atoms with Crippen molar-refractivity contribution < 1.29 is 23.8 Å². The van der Waals surface area contributed by atoms with E-state index in [1.54, 1.807) is 14.2 Å². The van der Waals surface area contributed by atoms with Crippen molar-refractivity contribution in [1.29, 1.82) is 0 Å². The van der Waals surface area contributed by atoms with Gasteiger partial charge < -0.3 is 19.1 Å².